The van der Waals surface area contributed by atoms with E-state index in [-0.39, 0.29) is 35.3 Å². The molecule has 4 rings (SSSR count). The first-order chi connectivity index (χ1) is 20.8. The van der Waals surface area contributed by atoms with Gasteiger partial charge in [0.1, 0.15) is 12.3 Å². The van der Waals surface area contributed by atoms with Crippen LogP contribution in [0.1, 0.15) is 44.7 Å². The molecule has 1 saturated carbocycles. The zero-order valence-electron chi connectivity index (χ0n) is 25.2. The number of aromatic nitrogens is 1. The number of alkyl halides is 3. The number of hydrogen-bond donors (Lipinski definition) is 3. The molecule has 0 aliphatic heterocycles. The van der Waals surface area contributed by atoms with E-state index in [1.165, 1.54) is 36.8 Å². The molecule has 0 spiro atoms. The van der Waals surface area contributed by atoms with Gasteiger partial charge in [-0.1, -0.05) is 18.9 Å². The van der Waals surface area contributed by atoms with Crippen molar-refractivity contribution in [2.75, 3.05) is 38.4 Å². The maximum Gasteiger partial charge on any atom is 0.406 e. The van der Waals surface area contributed by atoms with E-state index in [2.05, 4.69) is 41.5 Å². The molecule has 0 bridgehead atoms. The van der Waals surface area contributed by atoms with E-state index in [0.29, 0.717) is 22.6 Å². The van der Waals surface area contributed by atoms with Gasteiger partial charge in [0.15, 0.2) is 0 Å². The van der Waals surface area contributed by atoms with Crippen molar-refractivity contribution < 1.29 is 31.1 Å². The minimum absolute atomic E-state index is 0.00632. The molecule has 3 aromatic rings. The predicted molar refractivity (Wildman–Crippen MR) is 165 cm³/mol. The third-order valence-electron chi connectivity index (χ3n) is 7.71. The summed E-state index contributed by atoms with van der Waals surface area (Å²) in [5, 5.41) is 7.26. The molecular weight excluding hydrogens is 595 g/mol. The average molecular weight is 634 g/mol. The molecule has 13 heteroatoms. The van der Waals surface area contributed by atoms with Crippen molar-refractivity contribution in [2.45, 2.75) is 68.7 Å². The largest absolute Gasteiger partial charge is 0.495 e. The Morgan fingerprint density at radius 1 is 1.09 bits per heavy atom. The first kappa shape index (κ1) is 33.0. The maximum absolute atomic E-state index is 13.6. The normalized spacial score (nSPS) is 17.2. The third kappa shape index (κ3) is 8.18. The van der Waals surface area contributed by atoms with Gasteiger partial charge in [0.2, 0.25) is 5.91 Å². The monoisotopic (exact) mass is 633 g/mol. The molecule has 238 valence electrons. The van der Waals surface area contributed by atoms with Crippen LogP contribution < -0.4 is 20.1 Å². The van der Waals surface area contributed by atoms with Gasteiger partial charge in [0, 0.05) is 35.6 Å². The van der Waals surface area contributed by atoms with E-state index in [1.807, 2.05) is 10.8 Å². The fourth-order valence-electron chi connectivity index (χ4n) is 5.36. The smallest absolute Gasteiger partial charge is 0.406 e. The van der Waals surface area contributed by atoms with Gasteiger partial charge in [-0.25, -0.2) is 13.1 Å². The topological polar surface area (TPSA) is 105 Å². The molecule has 1 aliphatic rings. The fourth-order valence-corrected chi connectivity index (χ4v) is 6.43. The lowest BCUT2D eigenvalue weighted by molar-refractivity contribution is -0.140. The molecule has 1 aromatic heterocycles. The maximum atomic E-state index is 13.6. The molecule has 0 unspecified atom stereocenters. The van der Waals surface area contributed by atoms with Gasteiger partial charge in [-0.3, -0.25) is 4.79 Å². The van der Waals surface area contributed by atoms with Crippen molar-refractivity contribution in [1.82, 2.24) is 14.2 Å². The number of benzene rings is 2. The van der Waals surface area contributed by atoms with Gasteiger partial charge < -0.3 is 24.8 Å². The highest BCUT2D eigenvalue weighted by molar-refractivity contribution is 7.90. The summed E-state index contributed by atoms with van der Waals surface area (Å²) in [5.74, 6) is 5.31. The van der Waals surface area contributed by atoms with E-state index in [4.69, 9.17) is 4.74 Å². The number of hydrogen-bond acceptors (Lipinski definition) is 7. The highest BCUT2D eigenvalue weighted by atomic mass is 32.2. The number of rotatable bonds is 10. The number of anilines is 2. The number of halogens is 3. The number of methoxy groups -OCH3 is 1. The molecule has 44 heavy (non-hydrogen) atoms. The Morgan fingerprint density at radius 2 is 1.82 bits per heavy atom. The van der Waals surface area contributed by atoms with E-state index in [9.17, 15) is 26.4 Å². The summed E-state index contributed by atoms with van der Waals surface area (Å²) in [4.78, 5) is 13.7. The van der Waals surface area contributed by atoms with Gasteiger partial charge in [-0.05, 0) is 76.0 Å². The first-order valence-electron chi connectivity index (χ1n) is 14.4. The van der Waals surface area contributed by atoms with Gasteiger partial charge in [0.25, 0.3) is 10.0 Å². The first-order valence-corrected chi connectivity index (χ1v) is 15.9. The number of nitrogens with zero attached hydrogens (tertiary/aromatic N) is 2. The molecule has 1 aliphatic carbocycles. The Balaban J connectivity index is 1.55. The molecule has 0 atom stereocenters. The molecule has 0 radical (unpaired) electrons. The summed E-state index contributed by atoms with van der Waals surface area (Å²) < 4.78 is 74.2. The van der Waals surface area contributed by atoms with Crippen LogP contribution in [0.25, 0.3) is 10.9 Å². The number of nitrogens with one attached hydrogen (secondary N) is 3. The second-order valence-electron chi connectivity index (χ2n) is 11.0. The van der Waals surface area contributed by atoms with E-state index in [0.717, 1.165) is 31.4 Å². The van der Waals surface area contributed by atoms with Crippen molar-refractivity contribution in [2.24, 2.45) is 0 Å². The molecule has 1 fully saturated rings. The summed E-state index contributed by atoms with van der Waals surface area (Å²) in [6.07, 6.45) is -0.376. The standard InChI is InChI=1S/C31H38F3N5O4S/c1-5-30(40)37-44(41,42)24-15-16-27(29(19-24)43-4)35-17-7-8-23-18-25-26(36-21-11-13-22(14-12-21)38(2)3)9-6-10-28(25)39(23)20-31(32,33)34/h6,9-10,15-16,18-19,21-22,35-36H,5,11-14,17,20H2,1-4H3,(H,37,40)/t21-,22-. The predicted octanol–water partition coefficient (Wildman–Crippen LogP) is 5.18. The van der Waals surface area contributed by atoms with Crippen molar-refractivity contribution >= 4 is 38.2 Å². The van der Waals surface area contributed by atoms with Gasteiger partial charge in [-0.15, -0.1) is 0 Å². The molecule has 0 saturated heterocycles. The Labute approximate surface area is 256 Å². The molecular formula is C31H38F3N5O4S. The highest BCUT2D eigenvalue weighted by Crippen LogP contribution is 2.33. The molecule has 9 nitrogen and oxygen atoms in total. The van der Waals surface area contributed by atoms with Crippen molar-refractivity contribution in [3.05, 3.63) is 48.2 Å². The Kier molecular flexibility index (Phi) is 10.4. The van der Waals surface area contributed by atoms with Crippen LogP contribution >= 0.6 is 0 Å². The minimum Gasteiger partial charge on any atom is -0.495 e. The van der Waals surface area contributed by atoms with Crippen molar-refractivity contribution in [1.29, 1.82) is 0 Å². The molecule has 1 heterocycles. The molecule has 1 amide bonds. The van der Waals surface area contributed by atoms with E-state index in [1.54, 1.807) is 18.2 Å². The lowest BCUT2D eigenvalue weighted by Gasteiger charge is -2.33. The molecule has 2 aromatic carbocycles. The fraction of sp³-hybridized carbons (Fsp3) is 0.452. The minimum atomic E-state index is -4.44. The van der Waals surface area contributed by atoms with Crippen molar-refractivity contribution in [3.8, 4) is 17.6 Å². The SMILES string of the molecule is CCC(=O)NS(=O)(=O)c1ccc(NCC#Cc2cc3c(N[C@H]4CC[C@H](N(C)C)CC4)cccc3n2CC(F)(F)F)c(OC)c1. The highest BCUT2D eigenvalue weighted by Gasteiger charge is 2.30. The van der Waals surface area contributed by atoms with Crippen LogP contribution in [0.4, 0.5) is 24.5 Å². The Bertz CT molecular complexity index is 1650. The van der Waals surface area contributed by atoms with Gasteiger partial charge in [-0.2, -0.15) is 13.2 Å². The average Bonchev–Trinajstić information content (AvgIpc) is 3.31. The van der Waals surface area contributed by atoms with Gasteiger partial charge in [0.05, 0.1) is 35.4 Å². The summed E-state index contributed by atoms with van der Waals surface area (Å²) >= 11 is 0. The second-order valence-corrected chi connectivity index (χ2v) is 12.7. The van der Waals surface area contributed by atoms with E-state index < -0.39 is 28.7 Å². The van der Waals surface area contributed by atoms with Crippen LogP contribution in [0, 0.1) is 11.8 Å². The van der Waals surface area contributed by atoms with Crippen LogP contribution in [-0.2, 0) is 21.4 Å². The Hall–Kier alpha value is -3.89. The summed E-state index contributed by atoms with van der Waals surface area (Å²) in [6.45, 7) is 0.405. The number of sulfonamides is 1. The number of carbonyl (C=O) groups excluding carboxylic acids is 1. The second kappa shape index (κ2) is 13.8. The van der Waals surface area contributed by atoms with Crippen LogP contribution in [0.2, 0.25) is 0 Å². The summed E-state index contributed by atoms with van der Waals surface area (Å²) in [7, 11) is 1.45. The van der Waals surface area contributed by atoms with Crippen LogP contribution in [0.3, 0.4) is 0 Å². The van der Waals surface area contributed by atoms with Gasteiger partial charge >= 0.3 is 6.18 Å². The number of amides is 1. The number of carbonyl (C=O) groups is 1. The zero-order valence-corrected chi connectivity index (χ0v) is 26.0. The van der Waals surface area contributed by atoms with E-state index >= 15 is 0 Å². The summed E-state index contributed by atoms with van der Waals surface area (Å²) in [5.41, 5.74) is 1.88. The van der Waals surface area contributed by atoms with Crippen LogP contribution in [0.15, 0.2) is 47.4 Å². The zero-order chi connectivity index (χ0) is 32.1. The lowest BCUT2D eigenvalue weighted by Crippen LogP contribution is -2.36. The quantitative estimate of drug-likeness (QED) is 0.265. The molecule has 3 N–H and O–H groups in total. The van der Waals surface area contributed by atoms with Crippen LogP contribution in [-0.4, -0.2) is 69.8 Å². The third-order valence-corrected chi connectivity index (χ3v) is 9.08. The lowest BCUT2D eigenvalue weighted by atomic mass is 9.90. The number of ether oxygens (including phenoxy) is 1. The van der Waals surface area contributed by atoms with Crippen molar-refractivity contribution in [3.63, 3.8) is 0 Å². The summed E-state index contributed by atoms with van der Waals surface area (Å²) in [6, 6.07) is 11.8. The Morgan fingerprint density at radius 3 is 2.45 bits per heavy atom. The number of fused-ring (bicyclic) bond motifs is 1. The van der Waals surface area contributed by atoms with Crippen LogP contribution in [0.5, 0.6) is 5.75 Å².